The first kappa shape index (κ1) is 14.7. The van der Waals surface area contributed by atoms with Gasteiger partial charge in [-0.3, -0.25) is 4.79 Å². The zero-order valence-electron chi connectivity index (χ0n) is 12.4. The molecule has 22 heavy (non-hydrogen) atoms. The van der Waals surface area contributed by atoms with Crippen LogP contribution in [0.4, 0.5) is 0 Å². The number of benzene rings is 3. The highest BCUT2D eigenvalue weighted by Gasteiger charge is 2.19. The fraction of sp³-hybridized carbons (Fsp3) is 0.0500. The molecule has 3 aromatic carbocycles. The lowest BCUT2D eigenvalue weighted by Gasteiger charge is -2.21. The Balaban J connectivity index is 2.21. The van der Waals surface area contributed by atoms with Crippen molar-refractivity contribution in [2.75, 3.05) is 0 Å². The highest BCUT2D eigenvalue weighted by molar-refractivity contribution is 7.80. The van der Waals surface area contributed by atoms with Gasteiger partial charge >= 0.3 is 0 Å². The minimum absolute atomic E-state index is 0.716. The second kappa shape index (κ2) is 6.68. The lowest BCUT2D eigenvalue weighted by atomic mass is 10.2. The summed E-state index contributed by atoms with van der Waals surface area (Å²) in [6, 6.07) is 27.0. The van der Waals surface area contributed by atoms with E-state index in [4.69, 9.17) is 0 Å². The number of hydrogen-bond donors (Lipinski definition) is 0. The van der Waals surface area contributed by atoms with Gasteiger partial charge in [0.1, 0.15) is 0 Å². The maximum absolute atomic E-state index is 11.6. The van der Waals surface area contributed by atoms with Crippen molar-refractivity contribution in [3.05, 3.63) is 90.0 Å². The summed E-state index contributed by atoms with van der Waals surface area (Å²) in [4.78, 5) is 11.6. The summed E-state index contributed by atoms with van der Waals surface area (Å²) in [6.07, 6.45) is 0.976. The van der Waals surface area contributed by atoms with Gasteiger partial charge in [-0.05, 0) is 36.8 Å². The van der Waals surface area contributed by atoms with Crippen molar-refractivity contribution in [1.82, 2.24) is 0 Å². The first-order valence-corrected chi connectivity index (χ1v) is 8.60. The van der Waals surface area contributed by atoms with Gasteiger partial charge in [-0.2, -0.15) is 0 Å². The summed E-state index contributed by atoms with van der Waals surface area (Å²) in [7, 11) is -0.716. The number of carbonyl (C=O) groups is 1. The van der Waals surface area contributed by atoms with Crippen molar-refractivity contribution in [1.29, 1.82) is 0 Å². The largest absolute Gasteiger partial charge is 0.298 e. The zero-order valence-corrected chi connectivity index (χ0v) is 13.3. The van der Waals surface area contributed by atoms with E-state index in [0.717, 1.165) is 22.7 Å². The number of aldehydes is 1. The van der Waals surface area contributed by atoms with Gasteiger partial charge in [0.15, 0.2) is 6.29 Å². The lowest BCUT2D eigenvalue weighted by molar-refractivity contribution is 0.112. The predicted molar refractivity (Wildman–Crippen MR) is 95.3 cm³/mol. The average Bonchev–Trinajstić information content (AvgIpc) is 2.58. The molecule has 0 aliphatic heterocycles. The van der Waals surface area contributed by atoms with Crippen molar-refractivity contribution < 1.29 is 4.79 Å². The molecule has 0 N–H and O–H groups in total. The van der Waals surface area contributed by atoms with E-state index in [0.29, 0.717) is 0 Å². The van der Waals surface area contributed by atoms with Crippen LogP contribution < -0.4 is 15.9 Å². The van der Waals surface area contributed by atoms with Crippen LogP contribution in [-0.2, 0) is 0 Å². The van der Waals surface area contributed by atoms with E-state index in [-0.39, 0.29) is 0 Å². The summed E-state index contributed by atoms with van der Waals surface area (Å²) in [5.41, 5.74) is 1.90. The van der Waals surface area contributed by atoms with Crippen LogP contribution in [0.15, 0.2) is 78.9 Å². The Morgan fingerprint density at radius 1 is 0.773 bits per heavy atom. The highest BCUT2D eigenvalue weighted by Crippen LogP contribution is 2.33. The molecule has 0 radical (unpaired) electrons. The molecular formula is C20H17OP. The molecule has 3 rings (SSSR count). The maximum atomic E-state index is 11.6. The van der Waals surface area contributed by atoms with E-state index >= 15 is 0 Å². The molecule has 0 aliphatic rings. The number of aryl methyl sites for hydroxylation is 1. The van der Waals surface area contributed by atoms with Crippen LogP contribution in [0.2, 0.25) is 0 Å². The summed E-state index contributed by atoms with van der Waals surface area (Å²) in [6.45, 7) is 2.02. The predicted octanol–water partition coefficient (Wildman–Crippen LogP) is 3.57. The monoisotopic (exact) mass is 304 g/mol. The quantitative estimate of drug-likeness (QED) is 0.532. The highest BCUT2D eigenvalue weighted by atomic mass is 31.1. The molecule has 0 amide bonds. The minimum atomic E-state index is -0.716. The third kappa shape index (κ3) is 3.00. The molecule has 2 heteroatoms. The Hall–Kier alpha value is -2.24. The summed E-state index contributed by atoms with van der Waals surface area (Å²) >= 11 is 0. The zero-order chi connectivity index (χ0) is 15.4. The molecule has 0 spiro atoms. The van der Waals surface area contributed by atoms with Crippen molar-refractivity contribution in [2.24, 2.45) is 0 Å². The van der Waals surface area contributed by atoms with Crippen LogP contribution >= 0.6 is 7.92 Å². The van der Waals surface area contributed by atoms with Crippen LogP contribution in [0.5, 0.6) is 0 Å². The van der Waals surface area contributed by atoms with Gasteiger partial charge in [0, 0.05) is 5.56 Å². The minimum Gasteiger partial charge on any atom is -0.298 e. The number of rotatable bonds is 4. The molecule has 108 valence electrons. The molecule has 0 saturated heterocycles. The van der Waals surface area contributed by atoms with E-state index < -0.39 is 7.92 Å². The molecule has 1 nitrogen and oxygen atoms in total. The second-order valence-electron chi connectivity index (χ2n) is 5.19. The van der Waals surface area contributed by atoms with E-state index in [1.807, 2.05) is 25.1 Å². The number of hydrogen-bond acceptors (Lipinski definition) is 1. The van der Waals surface area contributed by atoms with E-state index in [2.05, 4.69) is 60.7 Å². The number of carbonyl (C=O) groups excluding carboxylic acids is 1. The molecule has 0 saturated carbocycles. The molecule has 0 atom stereocenters. The fourth-order valence-corrected chi connectivity index (χ4v) is 4.95. The summed E-state index contributed by atoms with van der Waals surface area (Å²) in [5.74, 6) is 0. The maximum Gasteiger partial charge on any atom is 0.150 e. The van der Waals surface area contributed by atoms with Crippen LogP contribution in [0.1, 0.15) is 15.9 Å². The van der Waals surface area contributed by atoms with E-state index in [1.54, 1.807) is 0 Å². The smallest absolute Gasteiger partial charge is 0.150 e. The Morgan fingerprint density at radius 2 is 1.32 bits per heavy atom. The molecule has 0 fully saturated rings. The average molecular weight is 304 g/mol. The van der Waals surface area contributed by atoms with Gasteiger partial charge in [-0.15, -0.1) is 0 Å². The second-order valence-corrected chi connectivity index (χ2v) is 7.37. The van der Waals surface area contributed by atoms with Gasteiger partial charge < -0.3 is 0 Å². The van der Waals surface area contributed by atoms with Crippen LogP contribution in [0, 0.1) is 6.92 Å². The fourth-order valence-electron chi connectivity index (χ4n) is 2.55. The summed E-state index contributed by atoms with van der Waals surface area (Å²) < 4.78 is 0. The van der Waals surface area contributed by atoms with Gasteiger partial charge in [0.25, 0.3) is 0 Å². The van der Waals surface area contributed by atoms with Crippen molar-refractivity contribution in [2.45, 2.75) is 6.92 Å². The Morgan fingerprint density at radius 3 is 1.82 bits per heavy atom. The van der Waals surface area contributed by atoms with E-state index in [9.17, 15) is 4.79 Å². The Kier molecular flexibility index (Phi) is 4.46. The van der Waals surface area contributed by atoms with Gasteiger partial charge in [-0.1, -0.05) is 78.4 Å². The molecule has 0 heterocycles. The first-order chi connectivity index (χ1) is 10.8. The van der Waals surface area contributed by atoms with Crippen molar-refractivity contribution in [3.8, 4) is 0 Å². The molecule has 3 aromatic rings. The van der Waals surface area contributed by atoms with Gasteiger partial charge in [-0.25, -0.2) is 0 Å². The summed E-state index contributed by atoms with van der Waals surface area (Å²) in [5, 5.41) is 3.64. The lowest BCUT2D eigenvalue weighted by Crippen LogP contribution is -2.23. The molecular weight excluding hydrogens is 287 g/mol. The first-order valence-electron chi connectivity index (χ1n) is 7.25. The third-order valence-corrected chi connectivity index (χ3v) is 6.10. The van der Waals surface area contributed by atoms with E-state index in [1.165, 1.54) is 10.6 Å². The molecule has 0 unspecified atom stereocenters. The van der Waals surface area contributed by atoms with Gasteiger partial charge in [0.2, 0.25) is 0 Å². The van der Waals surface area contributed by atoms with Crippen molar-refractivity contribution >= 4 is 30.1 Å². The van der Waals surface area contributed by atoms with Crippen LogP contribution in [0.25, 0.3) is 0 Å². The standard InChI is InChI=1S/C20H17OP/c1-16-12-13-20(17(14-16)15-21)22(18-8-4-2-5-9-18)19-10-6-3-7-11-19/h2-15H,1H3. The van der Waals surface area contributed by atoms with Crippen LogP contribution in [0.3, 0.4) is 0 Å². The molecule has 0 aliphatic carbocycles. The molecule has 0 bridgehead atoms. The SMILES string of the molecule is Cc1ccc(P(c2ccccc2)c2ccccc2)c(C=O)c1. The van der Waals surface area contributed by atoms with Crippen molar-refractivity contribution in [3.63, 3.8) is 0 Å². The topological polar surface area (TPSA) is 17.1 Å². The Labute approximate surface area is 132 Å². The normalized spacial score (nSPS) is 10.6. The van der Waals surface area contributed by atoms with Gasteiger partial charge in [0.05, 0.1) is 0 Å². The van der Waals surface area contributed by atoms with Crippen LogP contribution in [-0.4, -0.2) is 6.29 Å². The Bertz CT molecular complexity index is 727. The molecule has 0 aromatic heterocycles. The third-order valence-electron chi connectivity index (χ3n) is 3.58.